The third-order valence-electron chi connectivity index (χ3n) is 5.30. The van der Waals surface area contributed by atoms with E-state index >= 15 is 0 Å². The third-order valence-corrected chi connectivity index (χ3v) is 7.58. The van der Waals surface area contributed by atoms with Gasteiger partial charge in [-0.05, 0) is 32.6 Å². The lowest BCUT2D eigenvalue weighted by molar-refractivity contribution is 0.167. The van der Waals surface area contributed by atoms with Crippen LogP contribution in [0.4, 0.5) is 4.79 Å². The summed E-state index contributed by atoms with van der Waals surface area (Å²) in [7, 11) is -3.04. The van der Waals surface area contributed by atoms with Crippen molar-refractivity contribution < 1.29 is 13.2 Å². The fourth-order valence-corrected chi connectivity index (χ4v) is 5.08. The molecule has 1 aliphatic carbocycles. The first-order chi connectivity index (χ1) is 9.85. The van der Waals surface area contributed by atoms with Crippen LogP contribution in [0.2, 0.25) is 0 Å². The van der Waals surface area contributed by atoms with E-state index in [9.17, 15) is 13.2 Å². The van der Waals surface area contributed by atoms with Crippen molar-refractivity contribution in [1.29, 1.82) is 0 Å². The standard InChI is InChI=1S/C15H28N2O3S/c1-4-13-6-5-7-14(10-13)16-15(18)17-8-9-21(19,20)12(3)11(17)2/h11-14H,4-10H2,1-3H3,(H,16,18)/t11-,12+,13+,14-/m0/s1. The molecule has 1 N–H and O–H groups in total. The topological polar surface area (TPSA) is 66.5 Å². The highest BCUT2D eigenvalue weighted by Crippen LogP contribution is 2.27. The SMILES string of the molecule is CC[C@@H]1CCC[C@H](NC(=O)N2CCS(=O)(=O)[C@H](C)[C@@H]2C)C1. The summed E-state index contributed by atoms with van der Waals surface area (Å²) >= 11 is 0. The normalized spacial score (nSPS) is 36.2. The fourth-order valence-electron chi connectivity index (χ4n) is 3.51. The Labute approximate surface area is 128 Å². The second-order valence-electron chi connectivity index (χ2n) is 6.59. The molecular weight excluding hydrogens is 288 g/mol. The smallest absolute Gasteiger partial charge is 0.317 e. The molecule has 1 aliphatic heterocycles. The van der Waals surface area contributed by atoms with Gasteiger partial charge in [-0.25, -0.2) is 13.2 Å². The van der Waals surface area contributed by atoms with Crippen LogP contribution in [0.25, 0.3) is 0 Å². The van der Waals surface area contributed by atoms with Crippen molar-refractivity contribution in [2.45, 2.75) is 70.2 Å². The predicted molar refractivity (Wildman–Crippen MR) is 84.0 cm³/mol. The molecule has 122 valence electrons. The minimum atomic E-state index is -3.04. The molecule has 0 aromatic heterocycles. The minimum absolute atomic E-state index is 0.0776. The molecule has 5 nitrogen and oxygen atoms in total. The van der Waals surface area contributed by atoms with Crippen molar-refractivity contribution in [3.05, 3.63) is 0 Å². The van der Waals surface area contributed by atoms with Crippen LogP contribution in [0.5, 0.6) is 0 Å². The Morgan fingerprint density at radius 2 is 2.00 bits per heavy atom. The number of amides is 2. The number of rotatable bonds is 2. The van der Waals surface area contributed by atoms with E-state index in [0.717, 1.165) is 12.8 Å². The molecule has 0 unspecified atom stereocenters. The molecule has 0 radical (unpaired) electrons. The molecule has 0 aromatic carbocycles. The highest BCUT2D eigenvalue weighted by atomic mass is 32.2. The Morgan fingerprint density at radius 3 is 2.67 bits per heavy atom. The van der Waals surface area contributed by atoms with E-state index in [1.807, 2.05) is 6.92 Å². The van der Waals surface area contributed by atoms with Crippen molar-refractivity contribution in [1.82, 2.24) is 10.2 Å². The summed E-state index contributed by atoms with van der Waals surface area (Å²) in [6, 6.07) is -0.0995. The highest BCUT2D eigenvalue weighted by molar-refractivity contribution is 7.92. The van der Waals surface area contributed by atoms with Crippen LogP contribution in [-0.2, 0) is 9.84 Å². The third kappa shape index (κ3) is 3.71. The first-order valence-electron chi connectivity index (χ1n) is 8.13. The molecule has 0 aromatic rings. The van der Waals surface area contributed by atoms with E-state index in [4.69, 9.17) is 0 Å². The van der Waals surface area contributed by atoms with Crippen LogP contribution < -0.4 is 5.32 Å². The largest absolute Gasteiger partial charge is 0.335 e. The van der Waals surface area contributed by atoms with E-state index in [-0.39, 0.29) is 23.9 Å². The first-order valence-corrected chi connectivity index (χ1v) is 9.85. The van der Waals surface area contributed by atoms with Crippen LogP contribution >= 0.6 is 0 Å². The Balaban J connectivity index is 1.94. The van der Waals surface area contributed by atoms with Crippen LogP contribution in [0.3, 0.4) is 0 Å². The molecule has 0 spiro atoms. The van der Waals surface area contributed by atoms with Gasteiger partial charge in [0.15, 0.2) is 9.84 Å². The molecule has 4 atom stereocenters. The number of carbonyl (C=O) groups is 1. The van der Waals surface area contributed by atoms with Gasteiger partial charge in [-0.15, -0.1) is 0 Å². The molecular formula is C15H28N2O3S. The molecule has 2 fully saturated rings. The fraction of sp³-hybridized carbons (Fsp3) is 0.933. The Kier molecular flexibility index (Phi) is 5.17. The monoisotopic (exact) mass is 316 g/mol. The van der Waals surface area contributed by atoms with Crippen molar-refractivity contribution >= 4 is 15.9 Å². The van der Waals surface area contributed by atoms with E-state index in [1.165, 1.54) is 19.3 Å². The highest BCUT2D eigenvalue weighted by Gasteiger charge is 2.38. The first kappa shape index (κ1) is 16.6. The van der Waals surface area contributed by atoms with Gasteiger partial charge in [-0.3, -0.25) is 0 Å². The summed E-state index contributed by atoms with van der Waals surface area (Å²) in [5.74, 6) is 0.788. The van der Waals surface area contributed by atoms with E-state index in [2.05, 4.69) is 12.2 Å². The van der Waals surface area contributed by atoms with E-state index in [1.54, 1.807) is 11.8 Å². The number of carbonyl (C=O) groups excluding carboxylic acids is 1. The van der Waals surface area contributed by atoms with Crippen LogP contribution in [0.15, 0.2) is 0 Å². The maximum absolute atomic E-state index is 12.4. The van der Waals surface area contributed by atoms with Gasteiger partial charge in [0.2, 0.25) is 0 Å². The van der Waals surface area contributed by atoms with Crippen LogP contribution in [0, 0.1) is 5.92 Å². The lowest BCUT2D eigenvalue weighted by atomic mass is 9.84. The molecule has 21 heavy (non-hydrogen) atoms. The zero-order valence-electron chi connectivity index (χ0n) is 13.3. The molecule has 1 heterocycles. The van der Waals surface area contributed by atoms with Gasteiger partial charge >= 0.3 is 6.03 Å². The maximum atomic E-state index is 12.4. The second kappa shape index (κ2) is 6.55. The molecule has 6 heteroatoms. The van der Waals surface area contributed by atoms with Crippen LogP contribution in [-0.4, -0.2) is 49.0 Å². The van der Waals surface area contributed by atoms with Gasteiger partial charge in [0.25, 0.3) is 0 Å². The van der Waals surface area contributed by atoms with Gasteiger partial charge in [0.05, 0.1) is 11.0 Å². The number of nitrogens with zero attached hydrogens (tertiary/aromatic N) is 1. The summed E-state index contributed by atoms with van der Waals surface area (Å²) < 4.78 is 23.7. The zero-order chi connectivity index (χ0) is 15.6. The van der Waals surface area contributed by atoms with Crippen molar-refractivity contribution in [2.24, 2.45) is 5.92 Å². The van der Waals surface area contributed by atoms with Crippen molar-refractivity contribution in [2.75, 3.05) is 12.3 Å². The number of nitrogens with one attached hydrogen (secondary N) is 1. The quantitative estimate of drug-likeness (QED) is 0.849. The Hall–Kier alpha value is -0.780. The Bertz CT molecular complexity index is 477. The summed E-state index contributed by atoms with van der Waals surface area (Å²) in [4.78, 5) is 14.1. The molecule has 1 saturated heterocycles. The maximum Gasteiger partial charge on any atom is 0.317 e. The molecule has 0 bridgehead atoms. The number of urea groups is 1. The summed E-state index contributed by atoms with van der Waals surface area (Å²) in [5.41, 5.74) is 0. The molecule has 1 saturated carbocycles. The second-order valence-corrected chi connectivity index (χ2v) is 9.07. The van der Waals surface area contributed by atoms with E-state index in [0.29, 0.717) is 12.5 Å². The lowest BCUT2D eigenvalue weighted by Crippen LogP contribution is -2.58. The van der Waals surface area contributed by atoms with Crippen molar-refractivity contribution in [3.8, 4) is 0 Å². The van der Waals surface area contributed by atoms with Gasteiger partial charge in [0.1, 0.15) is 0 Å². The average molecular weight is 316 g/mol. The summed E-state index contributed by atoms with van der Waals surface area (Å²) in [6.07, 6.45) is 5.69. The Morgan fingerprint density at radius 1 is 1.29 bits per heavy atom. The number of hydrogen-bond acceptors (Lipinski definition) is 3. The van der Waals surface area contributed by atoms with Crippen molar-refractivity contribution in [3.63, 3.8) is 0 Å². The zero-order valence-corrected chi connectivity index (χ0v) is 14.2. The number of hydrogen-bond donors (Lipinski definition) is 1. The lowest BCUT2D eigenvalue weighted by Gasteiger charge is -2.39. The molecule has 2 rings (SSSR count). The average Bonchev–Trinajstić information content (AvgIpc) is 2.45. The summed E-state index contributed by atoms with van der Waals surface area (Å²) in [6.45, 7) is 6.04. The molecule has 2 aliphatic rings. The van der Waals surface area contributed by atoms with Gasteiger partial charge in [-0.2, -0.15) is 0 Å². The van der Waals surface area contributed by atoms with Gasteiger partial charge in [0, 0.05) is 18.6 Å². The van der Waals surface area contributed by atoms with Gasteiger partial charge in [-0.1, -0.05) is 26.2 Å². The molecule has 2 amide bonds. The number of sulfone groups is 1. The minimum Gasteiger partial charge on any atom is -0.335 e. The summed E-state index contributed by atoms with van der Waals surface area (Å²) in [5, 5.41) is 2.64. The van der Waals surface area contributed by atoms with E-state index < -0.39 is 15.1 Å². The predicted octanol–water partition coefficient (Wildman–Crippen LogP) is 2.17. The van der Waals surface area contributed by atoms with Gasteiger partial charge < -0.3 is 10.2 Å². The van der Waals surface area contributed by atoms with Crippen LogP contribution in [0.1, 0.15) is 52.9 Å².